The minimum atomic E-state index is -0.353. The number of hydrogen-bond acceptors (Lipinski definition) is 4. The summed E-state index contributed by atoms with van der Waals surface area (Å²) in [5, 5.41) is 9.84. The number of ketones is 2. The monoisotopic (exact) mass is 295 g/mol. The van der Waals surface area contributed by atoms with Crippen LogP contribution >= 0.6 is 0 Å². The molecule has 1 N–H and O–H groups in total. The number of phenols is 1. The van der Waals surface area contributed by atoms with Gasteiger partial charge in [-0.3, -0.25) is 9.59 Å². The Balaban J connectivity index is 2.35. The van der Waals surface area contributed by atoms with Crippen molar-refractivity contribution in [1.29, 1.82) is 0 Å². The molecule has 2 aromatic rings. The van der Waals surface area contributed by atoms with Crippen molar-refractivity contribution < 1.29 is 14.7 Å². The van der Waals surface area contributed by atoms with Crippen LogP contribution in [0.15, 0.2) is 60.8 Å². The lowest BCUT2D eigenvalue weighted by Crippen LogP contribution is -2.06. The Hall–Kier alpha value is -2.88. The van der Waals surface area contributed by atoms with Gasteiger partial charge in [-0.1, -0.05) is 30.3 Å². The molecule has 0 bridgehead atoms. The molecular formula is C18H17NO3. The molecular weight excluding hydrogens is 278 g/mol. The zero-order chi connectivity index (χ0) is 16.1. The molecule has 0 spiro atoms. The fourth-order valence-electron chi connectivity index (χ4n) is 1.94. The summed E-state index contributed by atoms with van der Waals surface area (Å²) in [4.78, 5) is 26.2. The van der Waals surface area contributed by atoms with E-state index in [-0.39, 0.29) is 22.9 Å². The zero-order valence-corrected chi connectivity index (χ0v) is 12.5. The fourth-order valence-corrected chi connectivity index (χ4v) is 1.94. The topological polar surface area (TPSA) is 57.6 Å². The molecule has 112 valence electrons. The molecule has 0 heterocycles. The van der Waals surface area contributed by atoms with Crippen LogP contribution in [0.2, 0.25) is 0 Å². The Labute approximate surface area is 129 Å². The first-order valence-electron chi connectivity index (χ1n) is 6.81. The summed E-state index contributed by atoms with van der Waals surface area (Å²) in [6, 6.07) is 13.1. The predicted octanol–water partition coefficient (Wildman–Crippen LogP) is 2.88. The highest BCUT2D eigenvalue weighted by Crippen LogP contribution is 2.21. The first-order chi connectivity index (χ1) is 10.5. The van der Waals surface area contributed by atoms with Gasteiger partial charge in [-0.2, -0.15) is 0 Å². The number of rotatable bonds is 5. The van der Waals surface area contributed by atoms with Crippen molar-refractivity contribution in [2.75, 3.05) is 14.1 Å². The highest BCUT2D eigenvalue weighted by molar-refractivity contribution is 6.12. The van der Waals surface area contributed by atoms with Crippen molar-refractivity contribution in [2.45, 2.75) is 0 Å². The van der Waals surface area contributed by atoms with Crippen LogP contribution in [-0.2, 0) is 0 Å². The molecule has 0 amide bonds. The van der Waals surface area contributed by atoms with E-state index in [1.54, 1.807) is 49.5 Å². The van der Waals surface area contributed by atoms with Crippen LogP contribution < -0.4 is 0 Å². The van der Waals surface area contributed by atoms with Gasteiger partial charge in [0, 0.05) is 37.5 Å². The van der Waals surface area contributed by atoms with Crippen molar-refractivity contribution in [3.05, 3.63) is 77.5 Å². The van der Waals surface area contributed by atoms with Crippen LogP contribution in [0.25, 0.3) is 0 Å². The highest BCUT2D eigenvalue weighted by Gasteiger charge is 2.14. The summed E-state index contributed by atoms with van der Waals surface area (Å²) in [6.45, 7) is 0. The summed E-state index contributed by atoms with van der Waals surface area (Å²) >= 11 is 0. The lowest BCUT2D eigenvalue weighted by molar-refractivity contribution is 0.103. The van der Waals surface area contributed by atoms with E-state index < -0.39 is 0 Å². The van der Waals surface area contributed by atoms with E-state index in [9.17, 15) is 14.7 Å². The summed E-state index contributed by atoms with van der Waals surface area (Å²) < 4.78 is 0. The quantitative estimate of drug-likeness (QED) is 0.680. The van der Waals surface area contributed by atoms with Crippen molar-refractivity contribution in [1.82, 2.24) is 4.90 Å². The molecule has 0 unspecified atom stereocenters. The first kappa shape index (κ1) is 15.5. The number of carbonyl (C=O) groups is 2. The van der Waals surface area contributed by atoms with Gasteiger partial charge in [0.15, 0.2) is 11.6 Å². The van der Waals surface area contributed by atoms with E-state index in [4.69, 9.17) is 0 Å². The number of nitrogens with zero attached hydrogens (tertiary/aromatic N) is 1. The Morgan fingerprint density at radius 1 is 1.00 bits per heavy atom. The molecule has 2 rings (SSSR count). The Kier molecular flexibility index (Phi) is 4.73. The maximum absolute atomic E-state index is 12.4. The third kappa shape index (κ3) is 3.61. The SMILES string of the molecule is CN(C)/C=C/C(=O)c1cc(C(=O)c2ccccc2)ccc1O. The summed E-state index contributed by atoms with van der Waals surface area (Å²) in [6.07, 6.45) is 2.94. The predicted molar refractivity (Wildman–Crippen MR) is 85.1 cm³/mol. The largest absolute Gasteiger partial charge is 0.507 e. The van der Waals surface area contributed by atoms with Crippen molar-refractivity contribution in [3.8, 4) is 5.75 Å². The maximum Gasteiger partial charge on any atom is 0.193 e. The number of hydrogen-bond donors (Lipinski definition) is 1. The molecule has 0 saturated heterocycles. The molecule has 0 aliphatic carbocycles. The fraction of sp³-hybridized carbons (Fsp3) is 0.111. The molecule has 2 aromatic carbocycles. The smallest absolute Gasteiger partial charge is 0.193 e. The van der Waals surface area contributed by atoms with E-state index in [1.807, 2.05) is 6.07 Å². The number of phenolic OH excluding ortho intramolecular Hbond substituents is 1. The minimum absolute atomic E-state index is 0.111. The Morgan fingerprint density at radius 2 is 1.68 bits per heavy atom. The van der Waals surface area contributed by atoms with Crippen LogP contribution in [0.1, 0.15) is 26.3 Å². The molecule has 0 aliphatic heterocycles. The van der Waals surface area contributed by atoms with Crippen LogP contribution in [0.5, 0.6) is 5.75 Å². The van der Waals surface area contributed by atoms with Gasteiger partial charge in [0.1, 0.15) is 5.75 Å². The molecule has 0 saturated carbocycles. The molecule has 0 aromatic heterocycles. The van der Waals surface area contributed by atoms with Gasteiger partial charge in [0.25, 0.3) is 0 Å². The average Bonchev–Trinajstić information content (AvgIpc) is 2.53. The summed E-state index contributed by atoms with van der Waals surface area (Å²) in [5.41, 5.74) is 1.01. The molecule has 0 radical (unpaired) electrons. The Bertz CT molecular complexity index is 718. The van der Waals surface area contributed by atoms with Crippen LogP contribution in [0.3, 0.4) is 0 Å². The van der Waals surface area contributed by atoms with Gasteiger partial charge < -0.3 is 10.0 Å². The van der Waals surface area contributed by atoms with Crippen molar-refractivity contribution in [2.24, 2.45) is 0 Å². The first-order valence-corrected chi connectivity index (χ1v) is 6.81. The van der Waals surface area contributed by atoms with Crippen LogP contribution in [-0.4, -0.2) is 35.7 Å². The third-order valence-electron chi connectivity index (χ3n) is 3.08. The van der Waals surface area contributed by atoms with E-state index in [0.717, 1.165) is 0 Å². The molecule has 22 heavy (non-hydrogen) atoms. The third-order valence-corrected chi connectivity index (χ3v) is 3.08. The molecule has 4 heteroatoms. The molecule has 0 atom stereocenters. The highest BCUT2D eigenvalue weighted by atomic mass is 16.3. The Morgan fingerprint density at radius 3 is 2.32 bits per heavy atom. The lowest BCUT2D eigenvalue weighted by Gasteiger charge is -2.06. The van der Waals surface area contributed by atoms with E-state index in [2.05, 4.69) is 0 Å². The van der Waals surface area contributed by atoms with Crippen LogP contribution in [0.4, 0.5) is 0 Å². The number of benzene rings is 2. The number of allylic oxidation sites excluding steroid dienone is 1. The second kappa shape index (κ2) is 6.72. The molecule has 4 nitrogen and oxygen atoms in total. The number of aromatic hydroxyl groups is 1. The standard InChI is InChI=1S/C18H17NO3/c1-19(2)11-10-17(21)15-12-14(8-9-16(15)20)18(22)13-6-4-3-5-7-13/h3-12,20H,1-2H3/b11-10+. The van der Waals surface area contributed by atoms with Gasteiger partial charge in [0.2, 0.25) is 0 Å². The zero-order valence-electron chi connectivity index (χ0n) is 12.5. The van der Waals surface area contributed by atoms with Gasteiger partial charge in [-0.25, -0.2) is 0 Å². The van der Waals surface area contributed by atoms with Crippen molar-refractivity contribution >= 4 is 11.6 Å². The summed E-state index contributed by atoms with van der Waals surface area (Å²) in [5.74, 6) is -0.682. The second-order valence-corrected chi connectivity index (χ2v) is 5.07. The van der Waals surface area contributed by atoms with E-state index in [0.29, 0.717) is 11.1 Å². The number of carbonyl (C=O) groups excluding carboxylic acids is 2. The van der Waals surface area contributed by atoms with Gasteiger partial charge >= 0.3 is 0 Å². The van der Waals surface area contributed by atoms with E-state index >= 15 is 0 Å². The molecule has 0 fully saturated rings. The lowest BCUT2D eigenvalue weighted by atomic mass is 9.99. The van der Waals surface area contributed by atoms with Gasteiger partial charge in [-0.15, -0.1) is 0 Å². The summed E-state index contributed by atoms with van der Waals surface area (Å²) in [7, 11) is 3.58. The average molecular weight is 295 g/mol. The van der Waals surface area contributed by atoms with Gasteiger partial charge in [0.05, 0.1) is 5.56 Å². The van der Waals surface area contributed by atoms with E-state index in [1.165, 1.54) is 24.3 Å². The van der Waals surface area contributed by atoms with Gasteiger partial charge in [-0.05, 0) is 18.2 Å². The maximum atomic E-state index is 12.4. The van der Waals surface area contributed by atoms with Crippen molar-refractivity contribution in [3.63, 3.8) is 0 Å². The second-order valence-electron chi connectivity index (χ2n) is 5.07. The van der Waals surface area contributed by atoms with Crippen LogP contribution in [0, 0.1) is 0 Å². The normalized spacial score (nSPS) is 10.6. The molecule has 0 aliphatic rings. The minimum Gasteiger partial charge on any atom is -0.507 e.